The van der Waals surface area contributed by atoms with Crippen molar-refractivity contribution >= 4 is 11.6 Å². The Labute approximate surface area is 190 Å². The molecular formula is C25H23N3O5. The quantitative estimate of drug-likeness (QED) is 0.301. The van der Waals surface area contributed by atoms with E-state index in [0.717, 1.165) is 5.69 Å². The fraction of sp³-hybridized carbons (Fsp3) is 0.120. The van der Waals surface area contributed by atoms with E-state index in [0.29, 0.717) is 42.2 Å². The lowest BCUT2D eigenvalue weighted by Gasteiger charge is -2.14. The Morgan fingerprint density at radius 1 is 1.00 bits per heavy atom. The maximum atomic E-state index is 11.2. The van der Waals surface area contributed by atoms with Crippen LogP contribution in [-0.4, -0.2) is 21.3 Å². The standard InChI is InChI=1S/C25H23N3O5/c26-25(31)22-14-20(33-28-22)10-11-21-23(30)12-18(29)13-24(21)32-19-8-6-17(7-9-19)27-15-16-4-2-1-3-5-16/h1-9,12-14,27,29-30H,10-11,15H2,(H2,26,31). The monoisotopic (exact) mass is 445 g/mol. The summed E-state index contributed by atoms with van der Waals surface area (Å²) in [5, 5.41) is 27.3. The second-order valence-electron chi connectivity index (χ2n) is 7.45. The highest BCUT2D eigenvalue weighted by atomic mass is 16.5. The number of nitrogens with one attached hydrogen (secondary N) is 1. The van der Waals surface area contributed by atoms with Gasteiger partial charge in [-0.15, -0.1) is 0 Å². The van der Waals surface area contributed by atoms with Crippen molar-refractivity contribution < 1.29 is 24.3 Å². The van der Waals surface area contributed by atoms with Crippen molar-refractivity contribution in [2.75, 3.05) is 5.32 Å². The van der Waals surface area contributed by atoms with Gasteiger partial charge in [-0.3, -0.25) is 4.79 Å². The third kappa shape index (κ3) is 5.62. The molecule has 4 rings (SSSR count). The number of aromatic hydroxyl groups is 2. The molecule has 1 amide bonds. The third-order valence-corrected chi connectivity index (χ3v) is 5.02. The molecule has 0 saturated heterocycles. The highest BCUT2D eigenvalue weighted by Crippen LogP contribution is 2.36. The normalized spacial score (nSPS) is 10.7. The molecule has 0 aliphatic heterocycles. The molecule has 0 aliphatic carbocycles. The fourth-order valence-corrected chi connectivity index (χ4v) is 3.32. The number of benzene rings is 3. The van der Waals surface area contributed by atoms with Gasteiger partial charge >= 0.3 is 0 Å². The molecule has 0 fully saturated rings. The molecule has 5 N–H and O–H groups in total. The van der Waals surface area contributed by atoms with Crippen molar-refractivity contribution in [2.24, 2.45) is 5.73 Å². The second-order valence-corrected chi connectivity index (χ2v) is 7.45. The van der Waals surface area contributed by atoms with Gasteiger partial charge in [0.05, 0.1) is 0 Å². The number of phenols is 2. The zero-order valence-electron chi connectivity index (χ0n) is 17.7. The maximum Gasteiger partial charge on any atom is 0.270 e. The van der Waals surface area contributed by atoms with E-state index in [9.17, 15) is 15.0 Å². The Bertz CT molecular complexity index is 1240. The summed E-state index contributed by atoms with van der Waals surface area (Å²) in [5.74, 6) is 0.387. The summed E-state index contributed by atoms with van der Waals surface area (Å²) in [5.41, 5.74) is 7.82. The number of nitrogens with two attached hydrogens (primary N) is 1. The maximum absolute atomic E-state index is 11.2. The molecule has 1 heterocycles. The molecule has 3 aromatic carbocycles. The van der Waals surface area contributed by atoms with Gasteiger partial charge in [-0.25, -0.2) is 0 Å². The Hall–Kier alpha value is -4.46. The third-order valence-electron chi connectivity index (χ3n) is 5.02. The number of aromatic nitrogens is 1. The average molecular weight is 445 g/mol. The van der Waals surface area contributed by atoms with Gasteiger partial charge in [-0.1, -0.05) is 35.5 Å². The highest BCUT2D eigenvalue weighted by Gasteiger charge is 2.15. The summed E-state index contributed by atoms with van der Waals surface area (Å²) < 4.78 is 11.1. The molecule has 168 valence electrons. The van der Waals surface area contributed by atoms with Crippen LogP contribution in [0.3, 0.4) is 0 Å². The number of phenolic OH excluding ortho intramolecular Hbond substituents is 2. The molecule has 8 nitrogen and oxygen atoms in total. The van der Waals surface area contributed by atoms with Gasteiger partial charge < -0.3 is 30.5 Å². The number of nitrogens with zero attached hydrogens (tertiary/aromatic N) is 1. The fourth-order valence-electron chi connectivity index (χ4n) is 3.32. The number of primary amides is 1. The van der Waals surface area contributed by atoms with Gasteiger partial charge in [-0.05, 0) is 36.2 Å². The number of ether oxygens (including phenoxy) is 1. The van der Waals surface area contributed by atoms with E-state index < -0.39 is 5.91 Å². The van der Waals surface area contributed by atoms with Crippen LogP contribution < -0.4 is 15.8 Å². The van der Waals surface area contributed by atoms with E-state index in [2.05, 4.69) is 10.5 Å². The Morgan fingerprint density at radius 2 is 1.76 bits per heavy atom. The molecular weight excluding hydrogens is 422 g/mol. The molecule has 0 radical (unpaired) electrons. The number of carbonyl (C=O) groups excluding carboxylic acids is 1. The van der Waals surface area contributed by atoms with Crippen LogP contribution in [0, 0.1) is 0 Å². The summed E-state index contributed by atoms with van der Waals surface area (Å²) in [6, 6.07) is 21.6. The largest absolute Gasteiger partial charge is 0.508 e. The first-order chi connectivity index (χ1) is 16.0. The van der Waals surface area contributed by atoms with Crippen molar-refractivity contribution in [1.82, 2.24) is 5.16 Å². The van der Waals surface area contributed by atoms with Crippen LogP contribution in [0.25, 0.3) is 0 Å². The lowest BCUT2D eigenvalue weighted by molar-refractivity contribution is 0.0991. The van der Waals surface area contributed by atoms with Crippen LogP contribution in [0.15, 0.2) is 77.3 Å². The minimum absolute atomic E-state index is 0.0392. The molecule has 1 aromatic heterocycles. The summed E-state index contributed by atoms with van der Waals surface area (Å²) in [6.07, 6.45) is 0.670. The van der Waals surface area contributed by atoms with Crippen LogP contribution in [-0.2, 0) is 19.4 Å². The second kappa shape index (κ2) is 9.78. The van der Waals surface area contributed by atoms with Crippen molar-refractivity contribution in [2.45, 2.75) is 19.4 Å². The van der Waals surface area contributed by atoms with Crippen molar-refractivity contribution in [3.8, 4) is 23.0 Å². The van der Waals surface area contributed by atoms with Gasteiger partial charge in [0.15, 0.2) is 5.69 Å². The van der Waals surface area contributed by atoms with Gasteiger partial charge in [0, 0.05) is 42.4 Å². The van der Waals surface area contributed by atoms with E-state index in [1.807, 2.05) is 42.5 Å². The molecule has 0 saturated carbocycles. The SMILES string of the molecule is NC(=O)c1cc(CCc2c(O)cc(O)cc2Oc2ccc(NCc3ccccc3)cc2)on1. The molecule has 0 bridgehead atoms. The van der Waals surface area contributed by atoms with Gasteiger partial charge in [0.2, 0.25) is 0 Å². The first kappa shape index (κ1) is 21.8. The van der Waals surface area contributed by atoms with E-state index in [-0.39, 0.29) is 17.2 Å². The lowest BCUT2D eigenvalue weighted by atomic mass is 10.1. The molecule has 0 aliphatic rings. The van der Waals surface area contributed by atoms with Gasteiger partial charge in [-0.2, -0.15) is 0 Å². The zero-order chi connectivity index (χ0) is 23.2. The number of aryl methyl sites for hydroxylation is 1. The summed E-state index contributed by atoms with van der Waals surface area (Å²) in [6.45, 7) is 0.699. The Kier molecular flexibility index (Phi) is 6.45. The molecule has 33 heavy (non-hydrogen) atoms. The predicted molar refractivity (Wildman–Crippen MR) is 122 cm³/mol. The topological polar surface area (TPSA) is 131 Å². The van der Waals surface area contributed by atoms with Crippen molar-refractivity contribution in [1.29, 1.82) is 0 Å². The first-order valence-electron chi connectivity index (χ1n) is 10.3. The van der Waals surface area contributed by atoms with E-state index in [1.165, 1.54) is 23.8 Å². The molecule has 0 unspecified atom stereocenters. The highest BCUT2D eigenvalue weighted by molar-refractivity contribution is 5.90. The number of hydrogen-bond acceptors (Lipinski definition) is 7. The first-order valence-corrected chi connectivity index (χ1v) is 10.3. The number of carbonyl (C=O) groups is 1. The van der Waals surface area contributed by atoms with Crippen molar-refractivity contribution in [3.05, 3.63) is 95.4 Å². The summed E-state index contributed by atoms with van der Waals surface area (Å²) >= 11 is 0. The predicted octanol–water partition coefficient (Wildman–Crippen LogP) is 4.37. The van der Waals surface area contributed by atoms with Crippen LogP contribution in [0.4, 0.5) is 5.69 Å². The van der Waals surface area contributed by atoms with Crippen LogP contribution in [0.2, 0.25) is 0 Å². The molecule has 8 heteroatoms. The number of amides is 1. The number of anilines is 1. The smallest absolute Gasteiger partial charge is 0.270 e. The molecule has 4 aromatic rings. The minimum Gasteiger partial charge on any atom is -0.508 e. The summed E-state index contributed by atoms with van der Waals surface area (Å²) in [7, 11) is 0. The Balaban J connectivity index is 1.45. The number of rotatable bonds is 9. The summed E-state index contributed by atoms with van der Waals surface area (Å²) in [4.78, 5) is 11.2. The number of hydrogen-bond donors (Lipinski definition) is 4. The lowest BCUT2D eigenvalue weighted by Crippen LogP contribution is -2.10. The van der Waals surface area contributed by atoms with E-state index in [1.54, 1.807) is 12.1 Å². The zero-order valence-corrected chi connectivity index (χ0v) is 17.7. The van der Waals surface area contributed by atoms with E-state index in [4.69, 9.17) is 15.0 Å². The van der Waals surface area contributed by atoms with Gasteiger partial charge in [0.25, 0.3) is 5.91 Å². The Morgan fingerprint density at radius 3 is 2.45 bits per heavy atom. The van der Waals surface area contributed by atoms with Gasteiger partial charge in [0.1, 0.15) is 28.8 Å². The molecule has 0 atom stereocenters. The van der Waals surface area contributed by atoms with Crippen LogP contribution >= 0.6 is 0 Å². The van der Waals surface area contributed by atoms with Crippen LogP contribution in [0.5, 0.6) is 23.0 Å². The minimum atomic E-state index is -0.678. The van der Waals surface area contributed by atoms with E-state index >= 15 is 0 Å². The molecule has 0 spiro atoms. The van der Waals surface area contributed by atoms with Crippen molar-refractivity contribution in [3.63, 3.8) is 0 Å². The average Bonchev–Trinajstić information content (AvgIpc) is 3.28. The van der Waals surface area contributed by atoms with Crippen LogP contribution in [0.1, 0.15) is 27.4 Å².